The SMILES string of the molecule is O=C(/C=C/c1ccc2c(c1)OCO2)Nc1ccc(C2CCNN2)cc1. The average molecular weight is 337 g/mol. The Morgan fingerprint density at radius 1 is 1.12 bits per heavy atom. The molecule has 1 unspecified atom stereocenters. The summed E-state index contributed by atoms with van der Waals surface area (Å²) in [5, 5.41) is 2.86. The Bertz CT molecular complexity index is 796. The highest BCUT2D eigenvalue weighted by molar-refractivity contribution is 6.01. The van der Waals surface area contributed by atoms with Crippen molar-refractivity contribution in [2.75, 3.05) is 18.7 Å². The predicted octanol–water partition coefficient (Wildman–Crippen LogP) is 2.61. The maximum Gasteiger partial charge on any atom is 0.248 e. The number of carbonyl (C=O) groups excluding carboxylic acids is 1. The molecule has 6 nitrogen and oxygen atoms in total. The minimum Gasteiger partial charge on any atom is -0.454 e. The van der Waals surface area contributed by atoms with Gasteiger partial charge in [0.2, 0.25) is 12.7 Å². The highest BCUT2D eigenvalue weighted by Crippen LogP contribution is 2.32. The predicted molar refractivity (Wildman–Crippen MR) is 95.2 cm³/mol. The summed E-state index contributed by atoms with van der Waals surface area (Å²) in [6.07, 6.45) is 4.32. The number of fused-ring (bicyclic) bond motifs is 1. The molecular weight excluding hydrogens is 318 g/mol. The Balaban J connectivity index is 1.36. The van der Waals surface area contributed by atoms with Crippen LogP contribution in [-0.2, 0) is 4.79 Å². The van der Waals surface area contributed by atoms with Gasteiger partial charge in [-0.05, 0) is 47.9 Å². The quantitative estimate of drug-likeness (QED) is 0.748. The summed E-state index contributed by atoms with van der Waals surface area (Å²) < 4.78 is 10.6. The van der Waals surface area contributed by atoms with Crippen LogP contribution in [0.15, 0.2) is 48.5 Å². The fraction of sp³-hybridized carbons (Fsp3) is 0.211. The van der Waals surface area contributed by atoms with Crippen molar-refractivity contribution < 1.29 is 14.3 Å². The van der Waals surface area contributed by atoms with Crippen molar-refractivity contribution in [3.63, 3.8) is 0 Å². The van der Waals surface area contributed by atoms with Crippen LogP contribution >= 0.6 is 0 Å². The molecule has 2 aromatic carbocycles. The Morgan fingerprint density at radius 3 is 2.76 bits per heavy atom. The van der Waals surface area contributed by atoms with Crippen molar-refractivity contribution in [3.8, 4) is 11.5 Å². The molecule has 128 valence electrons. The second-order valence-corrected chi connectivity index (χ2v) is 5.97. The number of rotatable bonds is 4. The fourth-order valence-corrected chi connectivity index (χ4v) is 2.91. The molecule has 2 aromatic rings. The Morgan fingerprint density at radius 2 is 1.96 bits per heavy atom. The minimum absolute atomic E-state index is 0.175. The van der Waals surface area contributed by atoms with Gasteiger partial charge in [0.1, 0.15) is 0 Å². The van der Waals surface area contributed by atoms with E-state index < -0.39 is 0 Å². The molecule has 0 spiro atoms. The maximum absolute atomic E-state index is 12.1. The highest BCUT2D eigenvalue weighted by atomic mass is 16.7. The molecule has 2 aliphatic rings. The van der Waals surface area contributed by atoms with Gasteiger partial charge in [-0.2, -0.15) is 0 Å². The molecule has 1 saturated heterocycles. The Hall–Kier alpha value is -2.83. The molecule has 0 bridgehead atoms. The first-order valence-electron chi connectivity index (χ1n) is 8.25. The zero-order valence-electron chi connectivity index (χ0n) is 13.6. The van der Waals surface area contributed by atoms with E-state index in [1.54, 1.807) is 6.08 Å². The fourth-order valence-electron chi connectivity index (χ4n) is 2.91. The van der Waals surface area contributed by atoms with Crippen molar-refractivity contribution in [1.29, 1.82) is 0 Å². The van der Waals surface area contributed by atoms with E-state index in [-0.39, 0.29) is 12.7 Å². The number of carbonyl (C=O) groups is 1. The number of benzene rings is 2. The summed E-state index contributed by atoms with van der Waals surface area (Å²) in [7, 11) is 0. The van der Waals surface area contributed by atoms with Crippen LogP contribution < -0.4 is 25.6 Å². The van der Waals surface area contributed by atoms with Crippen molar-refractivity contribution in [3.05, 3.63) is 59.7 Å². The number of nitrogens with one attached hydrogen (secondary N) is 3. The molecule has 0 aromatic heterocycles. The molecule has 0 saturated carbocycles. The van der Waals surface area contributed by atoms with E-state index in [0.29, 0.717) is 11.8 Å². The molecule has 0 aliphatic carbocycles. The standard InChI is InChI=1S/C19H19N3O3/c23-19(8-2-13-1-7-17-18(11-13)25-12-24-17)21-15-5-3-14(4-6-15)16-9-10-20-22-16/h1-8,11,16,20,22H,9-10,12H2,(H,21,23)/b8-2+. The van der Waals surface area contributed by atoms with Crippen molar-refractivity contribution >= 4 is 17.7 Å². The first kappa shape index (κ1) is 15.7. The molecule has 1 fully saturated rings. The molecule has 2 aliphatic heterocycles. The van der Waals surface area contributed by atoms with Gasteiger partial charge >= 0.3 is 0 Å². The number of ether oxygens (including phenoxy) is 2. The largest absolute Gasteiger partial charge is 0.454 e. The molecule has 3 N–H and O–H groups in total. The lowest BCUT2D eigenvalue weighted by atomic mass is 10.1. The van der Waals surface area contributed by atoms with E-state index in [1.807, 2.05) is 42.5 Å². The third kappa shape index (κ3) is 3.65. The lowest BCUT2D eigenvalue weighted by Crippen LogP contribution is -2.24. The molecule has 6 heteroatoms. The van der Waals surface area contributed by atoms with Crippen LogP contribution in [-0.4, -0.2) is 19.2 Å². The van der Waals surface area contributed by atoms with E-state index in [1.165, 1.54) is 11.6 Å². The Labute approximate surface area is 145 Å². The van der Waals surface area contributed by atoms with Crippen LogP contribution in [0.25, 0.3) is 6.08 Å². The topological polar surface area (TPSA) is 71.6 Å². The van der Waals surface area contributed by atoms with Crippen molar-refractivity contribution in [1.82, 2.24) is 10.9 Å². The van der Waals surface area contributed by atoms with Crippen LogP contribution in [0, 0.1) is 0 Å². The molecule has 1 atom stereocenters. The van der Waals surface area contributed by atoms with E-state index in [9.17, 15) is 4.79 Å². The number of anilines is 1. The van der Waals surface area contributed by atoms with Crippen LogP contribution in [0.4, 0.5) is 5.69 Å². The normalized spacial score (nSPS) is 18.6. The molecule has 2 heterocycles. The molecule has 0 radical (unpaired) electrons. The van der Waals surface area contributed by atoms with Gasteiger partial charge < -0.3 is 14.8 Å². The summed E-state index contributed by atoms with van der Waals surface area (Å²) in [5.41, 5.74) is 9.21. The number of amides is 1. The van der Waals surface area contributed by atoms with Gasteiger partial charge in [0, 0.05) is 24.4 Å². The number of hydrogen-bond acceptors (Lipinski definition) is 5. The molecule has 25 heavy (non-hydrogen) atoms. The van der Waals surface area contributed by atoms with Gasteiger partial charge in [0.15, 0.2) is 11.5 Å². The zero-order valence-corrected chi connectivity index (χ0v) is 13.6. The van der Waals surface area contributed by atoms with E-state index in [2.05, 4.69) is 16.2 Å². The third-order valence-corrected chi connectivity index (χ3v) is 4.24. The number of hydrazine groups is 1. The van der Waals surface area contributed by atoms with Gasteiger partial charge in [-0.25, -0.2) is 0 Å². The van der Waals surface area contributed by atoms with E-state index in [0.717, 1.165) is 30.0 Å². The molecule has 1 amide bonds. The number of hydrogen-bond donors (Lipinski definition) is 3. The second kappa shape index (κ2) is 6.96. The summed E-state index contributed by atoms with van der Waals surface area (Å²) in [6, 6.07) is 13.8. The van der Waals surface area contributed by atoms with E-state index in [4.69, 9.17) is 9.47 Å². The van der Waals surface area contributed by atoms with Crippen LogP contribution in [0.5, 0.6) is 11.5 Å². The highest BCUT2D eigenvalue weighted by Gasteiger charge is 2.15. The van der Waals surface area contributed by atoms with Gasteiger partial charge in [0.25, 0.3) is 0 Å². The lowest BCUT2D eigenvalue weighted by molar-refractivity contribution is -0.111. The van der Waals surface area contributed by atoms with Crippen LogP contribution in [0.1, 0.15) is 23.6 Å². The molecule has 4 rings (SSSR count). The summed E-state index contributed by atoms with van der Waals surface area (Å²) in [4.78, 5) is 12.1. The molecular formula is C19H19N3O3. The summed E-state index contributed by atoms with van der Waals surface area (Å²) in [6.45, 7) is 1.21. The smallest absolute Gasteiger partial charge is 0.248 e. The maximum atomic E-state index is 12.1. The van der Waals surface area contributed by atoms with E-state index >= 15 is 0 Å². The summed E-state index contributed by atoms with van der Waals surface area (Å²) >= 11 is 0. The summed E-state index contributed by atoms with van der Waals surface area (Å²) in [5.74, 6) is 1.26. The van der Waals surface area contributed by atoms with Crippen LogP contribution in [0.3, 0.4) is 0 Å². The van der Waals surface area contributed by atoms with Crippen molar-refractivity contribution in [2.24, 2.45) is 0 Å². The zero-order chi connectivity index (χ0) is 17.1. The van der Waals surface area contributed by atoms with Gasteiger partial charge in [-0.1, -0.05) is 18.2 Å². The first-order valence-corrected chi connectivity index (χ1v) is 8.25. The lowest BCUT2D eigenvalue weighted by Gasteiger charge is -2.10. The van der Waals surface area contributed by atoms with Gasteiger partial charge in [0.05, 0.1) is 0 Å². The van der Waals surface area contributed by atoms with Gasteiger partial charge in [-0.3, -0.25) is 15.6 Å². The second-order valence-electron chi connectivity index (χ2n) is 5.97. The third-order valence-electron chi connectivity index (χ3n) is 4.24. The van der Waals surface area contributed by atoms with Crippen LogP contribution in [0.2, 0.25) is 0 Å². The first-order chi connectivity index (χ1) is 12.3. The monoisotopic (exact) mass is 337 g/mol. The minimum atomic E-state index is -0.175. The van der Waals surface area contributed by atoms with Gasteiger partial charge in [-0.15, -0.1) is 0 Å². The average Bonchev–Trinajstić information content (AvgIpc) is 3.32. The van der Waals surface area contributed by atoms with Crippen molar-refractivity contribution in [2.45, 2.75) is 12.5 Å². The Kier molecular flexibility index (Phi) is 4.37.